The van der Waals surface area contributed by atoms with Gasteiger partial charge in [-0.3, -0.25) is 9.59 Å². The van der Waals surface area contributed by atoms with Gasteiger partial charge in [-0.15, -0.1) is 0 Å². The molecule has 1 N–H and O–H groups in total. The van der Waals surface area contributed by atoms with E-state index in [1.54, 1.807) is 6.08 Å². The Hall–Kier alpha value is -1.85. The number of halogens is 1. The van der Waals surface area contributed by atoms with Crippen LogP contribution in [0.15, 0.2) is 36.4 Å². The van der Waals surface area contributed by atoms with Crippen LogP contribution in [-0.2, 0) is 20.7 Å². The lowest BCUT2D eigenvalue weighted by Crippen LogP contribution is -2.32. The Bertz CT molecular complexity index is 691. The van der Waals surface area contributed by atoms with E-state index >= 15 is 0 Å². The normalized spacial score (nSPS) is 17.8. The highest BCUT2D eigenvalue weighted by Gasteiger charge is 2.28. The van der Waals surface area contributed by atoms with Crippen molar-refractivity contribution < 1.29 is 19.4 Å². The number of aliphatic hydroxyl groups excluding tert-OH is 1. The maximum Gasteiger partial charge on any atom is 0.305 e. The number of nitrogens with zero attached hydrogens (tertiary/aromatic N) is 1. The lowest BCUT2D eigenvalue weighted by atomic mass is 10.1. The van der Waals surface area contributed by atoms with Gasteiger partial charge in [0, 0.05) is 30.8 Å². The SMILES string of the molecule is CCOC(=O)CCCCCCN1C(=O)CC[C@@H]1/C=C/C(O)Cc1cccc(Cl)c1. The second-order valence-electron chi connectivity index (χ2n) is 7.45. The van der Waals surface area contributed by atoms with E-state index in [2.05, 4.69) is 0 Å². The van der Waals surface area contributed by atoms with Crippen molar-refractivity contribution in [2.45, 2.75) is 70.4 Å². The van der Waals surface area contributed by atoms with Crippen LogP contribution in [-0.4, -0.2) is 47.2 Å². The molecule has 1 saturated heterocycles. The van der Waals surface area contributed by atoms with Gasteiger partial charge in [-0.2, -0.15) is 0 Å². The number of unbranched alkanes of at least 4 members (excludes halogenated alkanes) is 3. The van der Waals surface area contributed by atoms with E-state index in [0.29, 0.717) is 30.9 Å². The second-order valence-corrected chi connectivity index (χ2v) is 7.89. The Morgan fingerprint density at radius 1 is 1.34 bits per heavy atom. The molecule has 1 aromatic carbocycles. The van der Waals surface area contributed by atoms with Gasteiger partial charge in [-0.25, -0.2) is 0 Å². The molecule has 160 valence electrons. The van der Waals surface area contributed by atoms with Crippen LogP contribution in [0.1, 0.15) is 57.4 Å². The van der Waals surface area contributed by atoms with Gasteiger partial charge in [0.2, 0.25) is 5.91 Å². The number of rotatable bonds is 12. The van der Waals surface area contributed by atoms with E-state index in [-0.39, 0.29) is 17.9 Å². The Balaban J connectivity index is 1.72. The van der Waals surface area contributed by atoms with Crippen molar-refractivity contribution in [3.63, 3.8) is 0 Å². The summed E-state index contributed by atoms with van der Waals surface area (Å²) in [5, 5.41) is 11.0. The van der Waals surface area contributed by atoms with E-state index in [1.807, 2.05) is 42.2 Å². The molecule has 5 nitrogen and oxygen atoms in total. The number of esters is 1. The molecule has 0 saturated carbocycles. The average molecular weight is 422 g/mol. The van der Waals surface area contributed by atoms with E-state index in [0.717, 1.165) is 44.2 Å². The maximum atomic E-state index is 12.2. The van der Waals surface area contributed by atoms with Crippen LogP contribution in [0, 0.1) is 0 Å². The largest absolute Gasteiger partial charge is 0.466 e. The standard InChI is InChI=1S/C23H32ClNO4/c1-2-29-23(28)10-5-3-4-6-15-25-20(12-14-22(25)27)11-13-21(26)17-18-8-7-9-19(24)16-18/h7-9,11,13,16,20-21,26H,2-6,10,12,14-15,17H2,1H3/b13-11+/t20-,21?/m0/s1. The summed E-state index contributed by atoms with van der Waals surface area (Å²) in [7, 11) is 0. The monoisotopic (exact) mass is 421 g/mol. The fraction of sp³-hybridized carbons (Fsp3) is 0.565. The lowest BCUT2D eigenvalue weighted by Gasteiger charge is -2.22. The number of amides is 1. The van der Waals surface area contributed by atoms with Gasteiger partial charge < -0.3 is 14.7 Å². The van der Waals surface area contributed by atoms with Crippen molar-refractivity contribution in [3.8, 4) is 0 Å². The molecule has 1 heterocycles. The van der Waals surface area contributed by atoms with Gasteiger partial charge in [0.25, 0.3) is 0 Å². The third-order valence-corrected chi connectivity index (χ3v) is 5.33. The fourth-order valence-electron chi connectivity index (χ4n) is 3.61. The first-order chi connectivity index (χ1) is 14.0. The van der Waals surface area contributed by atoms with Crippen molar-refractivity contribution in [2.75, 3.05) is 13.2 Å². The Morgan fingerprint density at radius 3 is 2.90 bits per heavy atom. The average Bonchev–Trinajstić information content (AvgIpc) is 3.03. The van der Waals surface area contributed by atoms with Crippen LogP contribution in [0.5, 0.6) is 0 Å². The zero-order valence-electron chi connectivity index (χ0n) is 17.2. The van der Waals surface area contributed by atoms with Crippen molar-refractivity contribution >= 4 is 23.5 Å². The minimum absolute atomic E-state index is 0.0519. The molecular weight excluding hydrogens is 390 g/mol. The van der Waals surface area contributed by atoms with Crippen molar-refractivity contribution in [1.29, 1.82) is 0 Å². The number of hydrogen-bond donors (Lipinski definition) is 1. The van der Waals surface area contributed by atoms with E-state index in [9.17, 15) is 14.7 Å². The van der Waals surface area contributed by atoms with Gasteiger partial charge in [0.05, 0.1) is 18.8 Å². The number of likely N-dealkylation sites (tertiary alicyclic amines) is 1. The molecule has 0 aromatic heterocycles. The summed E-state index contributed by atoms with van der Waals surface area (Å²) in [4.78, 5) is 25.4. The predicted molar refractivity (Wildman–Crippen MR) is 115 cm³/mol. The molecule has 0 aliphatic carbocycles. The molecule has 1 aromatic rings. The van der Waals surface area contributed by atoms with Gasteiger partial charge in [-0.05, 0) is 43.9 Å². The van der Waals surface area contributed by atoms with Gasteiger partial charge >= 0.3 is 5.97 Å². The van der Waals surface area contributed by atoms with E-state index in [4.69, 9.17) is 16.3 Å². The highest BCUT2D eigenvalue weighted by Crippen LogP contribution is 2.21. The zero-order valence-corrected chi connectivity index (χ0v) is 17.9. The van der Waals surface area contributed by atoms with Crippen LogP contribution >= 0.6 is 11.6 Å². The molecule has 1 fully saturated rings. The molecule has 2 atom stereocenters. The van der Waals surface area contributed by atoms with Gasteiger partial charge in [0.15, 0.2) is 0 Å². The number of benzene rings is 1. The topological polar surface area (TPSA) is 66.8 Å². The summed E-state index contributed by atoms with van der Waals surface area (Å²) in [6, 6.07) is 7.53. The van der Waals surface area contributed by atoms with Crippen LogP contribution in [0.4, 0.5) is 0 Å². The number of aliphatic hydroxyl groups is 1. The highest BCUT2D eigenvalue weighted by atomic mass is 35.5. The number of hydrogen-bond acceptors (Lipinski definition) is 4. The third kappa shape index (κ3) is 8.58. The van der Waals surface area contributed by atoms with Crippen LogP contribution in [0.3, 0.4) is 0 Å². The van der Waals surface area contributed by atoms with E-state index < -0.39 is 6.10 Å². The third-order valence-electron chi connectivity index (χ3n) is 5.10. The summed E-state index contributed by atoms with van der Waals surface area (Å²) >= 11 is 5.99. The predicted octanol–water partition coefficient (Wildman–Crippen LogP) is 4.30. The molecular formula is C23H32ClNO4. The zero-order chi connectivity index (χ0) is 21.1. The molecule has 0 spiro atoms. The molecule has 1 aliphatic rings. The first-order valence-electron chi connectivity index (χ1n) is 10.6. The summed E-state index contributed by atoms with van der Waals surface area (Å²) in [5.41, 5.74) is 0.983. The van der Waals surface area contributed by atoms with Gasteiger partial charge in [-0.1, -0.05) is 48.7 Å². The quantitative estimate of drug-likeness (QED) is 0.310. The summed E-state index contributed by atoms with van der Waals surface area (Å²) in [5.74, 6) is 0.0410. The second kappa shape index (κ2) is 12.7. The molecule has 2 rings (SSSR count). The van der Waals surface area contributed by atoms with Crippen LogP contribution in [0.25, 0.3) is 0 Å². The van der Waals surface area contributed by atoms with Crippen molar-refractivity contribution in [1.82, 2.24) is 4.90 Å². The first-order valence-corrected chi connectivity index (χ1v) is 10.9. The molecule has 6 heteroatoms. The smallest absolute Gasteiger partial charge is 0.305 e. The summed E-state index contributed by atoms with van der Waals surface area (Å²) in [6.45, 7) is 2.96. The Morgan fingerprint density at radius 2 is 2.14 bits per heavy atom. The summed E-state index contributed by atoms with van der Waals surface area (Å²) < 4.78 is 4.92. The first kappa shape index (κ1) is 23.4. The fourth-order valence-corrected chi connectivity index (χ4v) is 3.83. The number of ether oxygens (including phenoxy) is 1. The number of carbonyl (C=O) groups excluding carboxylic acids is 2. The van der Waals surface area contributed by atoms with E-state index in [1.165, 1.54) is 0 Å². The highest BCUT2D eigenvalue weighted by molar-refractivity contribution is 6.30. The molecule has 0 bridgehead atoms. The summed E-state index contributed by atoms with van der Waals surface area (Å²) in [6.07, 6.45) is 9.15. The maximum absolute atomic E-state index is 12.2. The molecule has 1 unspecified atom stereocenters. The Labute approximate surface area is 178 Å². The Kier molecular flexibility index (Phi) is 10.2. The van der Waals surface area contributed by atoms with Crippen LogP contribution in [0.2, 0.25) is 5.02 Å². The molecule has 29 heavy (non-hydrogen) atoms. The minimum atomic E-state index is -0.603. The van der Waals surface area contributed by atoms with Crippen LogP contribution < -0.4 is 0 Å². The number of carbonyl (C=O) groups is 2. The molecule has 1 amide bonds. The minimum Gasteiger partial charge on any atom is -0.466 e. The molecule has 0 radical (unpaired) electrons. The lowest BCUT2D eigenvalue weighted by molar-refractivity contribution is -0.143. The molecule has 1 aliphatic heterocycles. The van der Waals surface area contributed by atoms with Gasteiger partial charge in [0.1, 0.15) is 0 Å². The van der Waals surface area contributed by atoms with Crippen molar-refractivity contribution in [2.24, 2.45) is 0 Å². The van der Waals surface area contributed by atoms with Crippen molar-refractivity contribution in [3.05, 3.63) is 47.0 Å².